The molecule has 2 N–H and O–H groups in total. The predicted molar refractivity (Wildman–Crippen MR) is 55.2 cm³/mol. The second-order valence-electron chi connectivity index (χ2n) is 4.45. The number of rotatable bonds is 1. The molecule has 0 aliphatic carbocycles. The van der Waals surface area contributed by atoms with Crippen LogP contribution in [0.3, 0.4) is 0 Å². The highest BCUT2D eigenvalue weighted by Crippen LogP contribution is 2.19. The first-order valence-electron chi connectivity index (χ1n) is 5.44. The summed E-state index contributed by atoms with van der Waals surface area (Å²) in [6, 6.07) is 0.109. The minimum atomic E-state index is -0.504. The maximum atomic E-state index is 11.2. The smallest absolute Gasteiger partial charge is 0.309 e. The van der Waals surface area contributed by atoms with Gasteiger partial charge in [0.2, 0.25) is 0 Å². The van der Waals surface area contributed by atoms with Gasteiger partial charge in [-0.15, -0.1) is 0 Å². The molecule has 0 radical (unpaired) electrons. The van der Waals surface area contributed by atoms with E-state index >= 15 is 0 Å². The lowest BCUT2D eigenvalue weighted by atomic mass is 9.90. The second-order valence-corrected chi connectivity index (χ2v) is 4.45. The minimum Gasteiger partial charge on any atom is -0.346 e. The Morgan fingerprint density at radius 1 is 1.33 bits per heavy atom. The van der Waals surface area contributed by atoms with E-state index in [2.05, 4.69) is 22.6 Å². The van der Waals surface area contributed by atoms with Gasteiger partial charge >= 0.3 is 11.8 Å². The molecular weight excluding hydrogens is 194 g/mol. The van der Waals surface area contributed by atoms with Gasteiger partial charge in [0.05, 0.1) is 6.04 Å². The van der Waals surface area contributed by atoms with Crippen LogP contribution in [-0.2, 0) is 9.59 Å². The number of nitrogens with zero attached hydrogens (tertiary/aromatic N) is 1. The Bertz CT molecular complexity index is 280. The number of hydrogen-bond donors (Lipinski definition) is 2. The van der Waals surface area contributed by atoms with Gasteiger partial charge in [-0.2, -0.15) is 0 Å². The van der Waals surface area contributed by atoms with Crippen molar-refractivity contribution in [2.24, 2.45) is 5.92 Å². The van der Waals surface area contributed by atoms with Crippen molar-refractivity contribution in [3.63, 3.8) is 0 Å². The van der Waals surface area contributed by atoms with Gasteiger partial charge in [0.1, 0.15) is 0 Å². The highest BCUT2D eigenvalue weighted by Gasteiger charge is 2.32. The van der Waals surface area contributed by atoms with Gasteiger partial charge in [-0.25, -0.2) is 0 Å². The van der Waals surface area contributed by atoms with Crippen LogP contribution in [0.4, 0.5) is 0 Å². The van der Waals surface area contributed by atoms with E-state index in [1.54, 1.807) is 0 Å². The van der Waals surface area contributed by atoms with Gasteiger partial charge < -0.3 is 15.5 Å². The summed E-state index contributed by atoms with van der Waals surface area (Å²) in [6.07, 6.45) is 2.30. The van der Waals surface area contributed by atoms with E-state index in [1.165, 1.54) is 6.42 Å². The van der Waals surface area contributed by atoms with Crippen molar-refractivity contribution in [2.75, 3.05) is 26.7 Å². The predicted octanol–water partition coefficient (Wildman–Crippen LogP) is -1.06. The monoisotopic (exact) mass is 211 g/mol. The Kier molecular flexibility index (Phi) is 2.90. The maximum Gasteiger partial charge on any atom is 0.309 e. The van der Waals surface area contributed by atoms with Crippen LogP contribution in [0.1, 0.15) is 12.8 Å². The topological polar surface area (TPSA) is 61.4 Å². The van der Waals surface area contributed by atoms with Crippen molar-refractivity contribution >= 4 is 11.8 Å². The highest BCUT2D eigenvalue weighted by molar-refractivity contribution is 6.35. The summed E-state index contributed by atoms with van der Waals surface area (Å²) >= 11 is 0. The van der Waals surface area contributed by atoms with E-state index in [-0.39, 0.29) is 6.04 Å². The summed E-state index contributed by atoms with van der Waals surface area (Å²) in [7, 11) is 2.09. The molecule has 2 fully saturated rings. The largest absolute Gasteiger partial charge is 0.346 e. The van der Waals surface area contributed by atoms with Crippen molar-refractivity contribution < 1.29 is 9.59 Å². The molecule has 0 spiro atoms. The second kappa shape index (κ2) is 4.18. The molecule has 0 saturated carbocycles. The van der Waals surface area contributed by atoms with Gasteiger partial charge in [0.25, 0.3) is 0 Å². The van der Waals surface area contributed by atoms with Gasteiger partial charge in [0, 0.05) is 13.1 Å². The first-order valence-corrected chi connectivity index (χ1v) is 5.44. The molecule has 2 amide bonds. The molecule has 0 bridgehead atoms. The number of carbonyl (C=O) groups excluding carboxylic acids is 2. The average Bonchev–Trinajstić information content (AvgIpc) is 2.22. The Morgan fingerprint density at radius 2 is 2.13 bits per heavy atom. The van der Waals surface area contributed by atoms with E-state index in [0.29, 0.717) is 12.5 Å². The zero-order chi connectivity index (χ0) is 10.8. The molecular formula is C10H17N3O2. The van der Waals surface area contributed by atoms with Crippen LogP contribution in [0.5, 0.6) is 0 Å². The third kappa shape index (κ3) is 2.28. The molecule has 5 heteroatoms. The van der Waals surface area contributed by atoms with E-state index in [1.807, 2.05) is 0 Å². The van der Waals surface area contributed by atoms with E-state index in [9.17, 15) is 9.59 Å². The Morgan fingerprint density at radius 3 is 2.80 bits per heavy atom. The molecule has 0 aromatic rings. The third-order valence-electron chi connectivity index (χ3n) is 3.24. The maximum absolute atomic E-state index is 11.2. The molecule has 2 heterocycles. The molecule has 0 aromatic carbocycles. The number of piperazine rings is 1. The standard InChI is InChI=1S/C10H17N3O2/c1-13-4-2-3-7(6-13)8-5-11-9(14)10(15)12-8/h7-8H,2-6H2,1H3,(H,11,14)(H,12,15). The molecule has 2 unspecified atom stereocenters. The summed E-state index contributed by atoms with van der Waals surface area (Å²) in [5, 5.41) is 5.40. The normalized spacial score (nSPS) is 33.4. The van der Waals surface area contributed by atoms with Crippen molar-refractivity contribution in [1.82, 2.24) is 15.5 Å². The van der Waals surface area contributed by atoms with E-state index < -0.39 is 11.8 Å². The number of amides is 2. The lowest BCUT2D eigenvalue weighted by Crippen LogP contribution is -2.60. The fraction of sp³-hybridized carbons (Fsp3) is 0.800. The molecule has 0 aromatic heterocycles. The van der Waals surface area contributed by atoms with E-state index in [4.69, 9.17) is 0 Å². The van der Waals surface area contributed by atoms with Crippen LogP contribution in [0.15, 0.2) is 0 Å². The number of carbonyl (C=O) groups is 2. The third-order valence-corrected chi connectivity index (χ3v) is 3.24. The van der Waals surface area contributed by atoms with Crippen LogP contribution >= 0.6 is 0 Å². The molecule has 2 aliphatic heterocycles. The van der Waals surface area contributed by atoms with Crippen molar-refractivity contribution in [2.45, 2.75) is 18.9 Å². The quantitative estimate of drug-likeness (QED) is 0.544. The lowest BCUT2D eigenvalue weighted by molar-refractivity contribution is -0.142. The molecule has 2 atom stereocenters. The summed E-state index contributed by atoms with van der Waals surface area (Å²) in [5.74, 6) is -0.525. The molecule has 2 rings (SSSR count). The number of hydrogen-bond acceptors (Lipinski definition) is 3. The van der Waals surface area contributed by atoms with Crippen molar-refractivity contribution in [1.29, 1.82) is 0 Å². The van der Waals surface area contributed by atoms with Gasteiger partial charge in [0.15, 0.2) is 0 Å². The van der Waals surface area contributed by atoms with Crippen LogP contribution in [0.25, 0.3) is 0 Å². The summed E-state index contributed by atoms with van der Waals surface area (Å²) in [6.45, 7) is 2.70. The molecule has 15 heavy (non-hydrogen) atoms. The fourth-order valence-electron chi connectivity index (χ4n) is 2.39. The van der Waals surface area contributed by atoms with E-state index in [0.717, 1.165) is 19.5 Å². The Labute approximate surface area is 89.2 Å². The summed E-state index contributed by atoms with van der Waals surface area (Å²) in [5.41, 5.74) is 0. The number of likely N-dealkylation sites (tertiary alicyclic amines) is 1. The van der Waals surface area contributed by atoms with Crippen LogP contribution < -0.4 is 10.6 Å². The molecule has 5 nitrogen and oxygen atoms in total. The van der Waals surface area contributed by atoms with Gasteiger partial charge in [-0.1, -0.05) is 0 Å². The molecule has 84 valence electrons. The van der Waals surface area contributed by atoms with Crippen molar-refractivity contribution in [3.8, 4) is 0 Å². The minimum absolute atomic E-state index is 0.109. The average molecular weight is 211 g/mol. The van der Waals surface area contributed by atoms with Gasteiger partial charge in [-0.05, 0) is 32.4 Å². The molecule has 2 saturated heterocycles. The first-order chi connectivity index (χ1) is 7.16. The zero-order valence-electron chi connectivity index (χ0n) is 8.95. The zero-order valence-corrected chi connectivity index (χ0v) is 8.95. The molecule has 2 aliphatic rings. The van der Waals surface area contributed by atoms with Crippen LogP contribution in [0.2, 0.25) is 0 Å². The first kappa shape index (κ1) is 10.4. The number of nitrogens with one attached hydrogen (secondary N) is 2. The Balaban J connectivity index is 1.93. The SMILES string of the molecule is CN1CCCC(C2CNC(=O)C(=O)N2)C1. The summed E-state index contributed by atoms with van der Waals surface area (Å²) in [4.78, 5) is 24.4. The van der Waals surface area contributed by atoms with Crippen LogP contribution in [-0.4, -0.2) is 49.4 Å². The lowest BCUT2D eigenvalue weighted by Gasteiger charge is -2.36. The Hall–Kier alpha value is -1.10. The highest BCUT2D eigenvalue weighted by atomic mass is 16.2. The fourth-order valence-corrected chi connectivity index (χ4v) is 2.39. The number of piperidine rings is 1. The van der Waals surface area contributed by atoms with Crippen LogP contribution in [0, 0.1) is 5.92 Å². The summed E-state index contributed by atoms with van der Waals surface area (Å²) < 4.78 is 0. The van der Waals surface area contributed by atoms with Gasteiger partial charge in [-0.3, -0.25) is 9.59 Å². The van der Waals surface area contributed by atoms with Crippen molar-refractivity contribution in [3.05, 3.63) is 0 Å².